The average molecular weight is 407 g/mol. The van der Waals surface area contributed by atoms with E-state index >= 15 is 0 Å². The van der Waals surface area contributed by atoms with Crippen molar-refractivity contribution in [3.8, 4) is 0 Å². The summed E-state index contributed by atoms with van der Waals surface area (Å²) in [4.78, 5) is 23.7. The number of ether oxygens (including phenoxy) is 2. The van der Waals surface area contributed by atoms with Gasteiger partial charge in [0, 0.05) is 0 Å². The van der Waals surface area contributed by atoms with Gasteiger partial charge in [-0.05, 0) is 32.6 Å². The highest BCUT2D eigenvalue weighted by molar-refractivity contribution is 6.09. The summed E-state index contributed by atoms with van der Waals surface area (Å²) in [5.41, 5.74) is 0. The van der Waals surface area contributed by atoms with E-state index in [0.717, 1.165) is 12.8 Å². The number of cyclic esters (lactones) is 1. The quantitative estimate of drug-likeness (QED) is 0.0823. The molecule has 1 fully saturated rings. The molecule has 0 radical (unpaired) electrons. The molecular formula is C25H42O4. The van der Waals surface area contributed by atoms with Crippen LogP contribution in [0.1, 0.15) is 110 Å². The minimum Gasteiger partial charge on any atom is -0.479 e. The van der Waals surface area contributed by atoms with Gasteiger partial charge in [0.2, 0.25) is 5.78 Å². The average Bonchev–Trinajstić information content (AvgIpc) is 2.99. The molecule has 1 saturated heterocycles. The smallest absolute Gasteiger partial charge is 0.356 e. The van der Waals surface area contributed by atoms with E-state index in [1.807, 2.05) is 0 Å². The third-order valence-electron chi connectivity index (χ3n) is 5.39. The first-order valence-corrected chi connectivity index (χ1v) is 11.9. The van der Waals surface area contributed by atoms with Crippen molar-refractivity contribution in [1.29, 1.82) is 0 Å². The summed E-state index contributed by atoms with van der Waals surface area (Å²) in [7, 11) is 0. The van der Waals surface area contributed by atoms with Gasteiger partial charge in [0.25, 0.3) is 6.10 Å². The van der Waals surface area contributed by atoms with Gasteiger partial charge in [-0.2, -0.15) is 0 Å². The van der Waals surface area contributed by atoms with E-state index in [1.54, 1.807) is 13.0 Å². The molecule has 29 heavy (non-hydrogen) atoms. The molecule has 0 aromatic carbocycles. The van der Waals surface area contributed by atoms with Gasteiger partial charge in [-0.15, -0.1) is 0 Å². The lowest BCUT2D eigenvalue weighted by Crippen LogP contribution is -2.26. The van der Waals surface area contributed by atoms with Crippen LogP contribution in [0.3, 0.4) is 0 Å². The van der Waals surface area contributed by atoms with Crippen molar-refractivity contribution in [2.45, 2.75) is 122 Å². The van der Waals surface area contributed by atoms with Crippen molar-refractivity contribution in [3.63, 3.8) is 0 Å². The highest BCUT2D eigenvalue weighted by Crippen LogP contribution is 2.19. The first-order valence-electron chi connectivity index (χ1n) is 11.9. The number of allylic oxidation sites excluding steroid dienone is 3. The maximum absolute atomic E-state index is 12.1. The van der Waals surface area contributed by atoms with Crippen LogP contribution in [0.5, 0.6) is 0 Å². The molecule has 4 heteroatoms. The number of esters is 1. The lowest BCUT2D eigenvalue weighted by Gasteiger charge is -2.05. The Labute approximate surface area is 178 Å². The molecule has 0 aliphatic carbocycles. The topological polar surface area (TPSA) is 52.6 Å². The number of rotatable bonds is 18. The van der Waals surface area contributed by atoms with Crippen LogP contribution in [-0.2, 0) is 19.1 Å². The van der Waals surface area contributed by atoms with Gasteiger partial charge in [-0.3, -0.25) is 4.79 Å². The molecule has 1 aliphatic heterocycles. The van der Waals surface area contributed by atoms with Crippen LogP contribution in [0.4, 0.5) is 0 Å². The molecule has 1 unspecified atom stereocenters. The Kier molecular flexibility index (Phi) is 15.2. The van der Waals surface area contributed by atoms with Gasteiger partial charge in [0.1, 0.15) is 0 Å². The predicted molar refractivity (Wildman–Crippen MR) is 119 cm³/mol. The van der Waals surface area contributed by atoms with Crippen LogP contribution < -0.4 is 0 Å². The van der Waals surface area contributed by atoms with Crippen LogP contribution in [-0.4, -0.2) is 24.0 Å². The fraction of sp³-hybridized carbons (Fsp3) is 0.760. The summed E-state index contributed by atoms with van der Waals surface area (Å²) in [6.07, 6.45) is 24.3. The summed E-state index contributed by atoms with van der Waals surface area (Å²) in [5.74, 6) is -0.832. The van der Waals surface area contributed by atoms with Gasteiger partial charge in [0.05, 0.1) is 6.26 Å². The Morgan fingerprint density at radius 3 is 1.97 bits per heavy atom. The number of carbonyl (C=O) groups excluding carboxylic acids is 2. The van der Waals surface area contributed by atoms with E-state index in [9.17, 15) is 9.59 Å². The van der Waals surface area contributed by atoms with Crippen molar-refractivity contribution in [2.75, 3.05) is 0 Å². The van der Waals surface area contributed by atoms with Crippen LogP contribution in [0.25, 0.3) is 0 Å². The van der Waals surface area contributed by atoms with Crippen LogP contribution >= 0.6 is 0 Å². The molecule has 0 amide bonds. The fourth-order valence-corrected chi connectivity index (χ4v) is 3.61. The zero-order chi connectivity index (χ0) is 21.2. The van der Waals surface area contributed by atoms with E-state index in [-0.39, 0.29) is 5.78 Å². The van der Waals surface area contributed by atoms with E-state index < -0.39 is 18.2 Å². The van der Waals surface area contributed by atoms with E-state index in [0.29, 0.717) is 6.42 Å². The monoisotopic (exact) mass is 406 g/mol. The number of unbranched alkanes of at least 4 members (excludes halogenated alkanes) is 12. The predicted octanol–water partition coefficient (Wildman–Crippen LogP) is 6.83. The highest BCUT2D eigenvalue weighted by atomic mass is 16.6. The van der Waals surface area contributed by atoms with E-state index in [2.05, 4.69) is 19.1 Å². The number of carbonyl (C=O) groups is 2. The maximum Gasteiger partial charge on any atom is 0.356 e. The van der Waals surface area contributed by atoms with E-state index in [1.165, 1.54) is 83.3 Å². The Bertz CT molecular complexity index is 495. The first-order chi connectivity index (χ1) is 14.2. The molecule has 1 aliphatic rings. The lowest BCUT2D eigenvalue weighted by molar-refractivity contribution is -0.147. The van der Waals surface area contributed by atoms with Crippen LogP contribution in [0.2, 0.25) is 0 Å². The molecule has 0 aromatic heterocycles. The maximum atomic E-state index is 12.1. The summed E-state index contributed by atoms with van der Waals surface area (Å²) in [5, 5.41) is 0. The third kappa shape index (κ3) is 11.9. The van der Waals surface area contributed by atoms with Gasteiger partial charge < -0.3 is 9.47 Å². The zero-order valence-corrected chi connectivity index (χ0v) is 18.7. The molecule has 1 rings (SSSR count). The molecular weight excluding hydrogens is 364 g/mol. The van der Waals surface area contributed by atoms with Crippen molar-refractivity contribution < 1.29 is 19.1 Å². The molecule has 0 spiro atoms. The summed E-state index contributed by atoms with van der Waals surface area (Å²) < 4.78 is 10.2. The molecule has 0 saturated carbocycles. The Morgan fingerprint density at radius 2 is 1.38 bits per heavy atom. The fourth-order valence-electron chi connectivity index (χ4n) is 3.61. The Morgan fingerprint density at radius 1 is 0.828 bits per heavy atom. The zero-order valence-electron chi connectivity index (χ0n) is 18.7. The number of hydrogen-bond donors (Lipinski definition) is 0. The Hall–Kier alpha value is -1.58. The highest BCUT2D eigenvalue weighted by Gasteiger charge is 2.44. The summed E-state index contributed by atoms with van der Waals surface area (Å²) in [6.45, 7) is 4.04. The molecule has 2 atom stereocenters. The van der Waals surface area contributed by atoms with Crippen molar-refractivity contribution in [2.24, 2.45) is 0 Å². The second-order valence-electron chi connectivity index (χ2n) is 8.04. The van der Waals surface area contributed by atoms with Crippen molar-refractivity contribution >= 4 is 11.8 Å². The lowest BCUT2D eigenvalue weighted by atomic mass is 10.0. The minimum atomic E-state index is -1.08. The standard InChI is InChI=1S/C25H42O4/c1-3-5-6-7-8-9-10-11-12-13-14-15-16-17-18-19-20-22-23(26)24(25(27)29-22)28-21-4-2/h4,17-18,21-22,24H,3,5-16,19-20H2,1-2H3/t22-,24?/m1/s1. The summed E-state index contributed by atoms with van der Waals surface area (Å²) >= 11 is 0. The molecule has 0 N–H and O–H groups in total. The molecule has 1 heterocycles. The van der Waals surface area contributed by atoms with E-state index in [4.69, 9.17) is 9.47 Å². The number of hydrogen-bond acceptors (Lipinski definition) is 4. The van der Waals surface area contributed by atoms with Gasteiger partial charge >= 0.3 is 5.97 Å². The SMILES string of the molecule is CC=COC1C(=O)O[C@H](CCC=CCCCCCCCCCCCCCC)C1=O. The van der Waals surface area contributed by atoms with Crippen LogP contribution in [0.15, 0.2) is 24.5 Å². The normalized spacial score (nSPS) is 19.5. The summed E-state index contributed by atoms with van der Waals surface area (Å²) in [6, 6.07) is 0. The number of Topliss-reactive ketones (excluding diaryl/α,β-unsaturated/α-hetero) is 1. The van der Waals surface area contributed by atoms with Gasteiger partial charge in [0.15, 0.2) is 6.10 Å². The van der Waals surface area contributed by atoms with Gasteiger partial charge in [-0.1, -0.05) is 95.8 Å². The number of ketones is 1. The Balaban J connectivity index is 1.92. The molecule has 0 aromatic rings. The third-order valence-corrected chi connectivity index (χ3v) is 5.39. The second-order valence-corrected chi connectivity index (χ2v) is 8.04. The van der Waals surface area contributed by atoms with Gasteiger partial charge in [-0.25, -0.2) is 4.79 Å². The van der Waals surface area contributed by atoms with Crippen LogP contribution in [0, 0.1) is 0 Å². The molecule has 0 bridgehead atoms. The van der Waals surface area contributed by atoms with Crippen molar-refractivity contribution in [3.05, 3.63) is 24.5 Å². The second kappa shape index (κ2) is 17.3. The first kappa shape index (κ1) is 25.5. The van der Waals surface area contributed by atoms with Crippen molar-refractivity contribution in [1.82, 2.24) is 0 Å². The largest absolute Gasteiger partial charge is 0.479 e. The molecule has 4 nitrogen and oxygen atoms in total. The minimum absolute atomic E-state index is 0.262. The molecule has 166 valence electrons.